The van der Waals surface area contributed by atoms with E-state index in [0.717, 1.165) is 48.0 Å². The van der Waals surface area contributed by atoms with Crippen LogP contribution in [0.3, 0.4) is 0 Å². The van der Waals surface area contributed by atoms with Gasteiger partial charge in [0, 0.05) is 45.0 Å². The van der Waals surface area contributed by atoms with E-state index in [4.69, 9.17) is 4.79 Å². The highest BCUT2D eigenvalue weighted by Gasteiger charge is 2.19. The van der Waals surface area contributed by atoms with Crippen molar-refractivity contribution in [1.29, 1.82) is 0 Å². The van der Waals surface area contributed by atoms with Crippen LogP contribution in [-0.4, -0.2) is 56.3 Å². The molecule has 0 aromatic carbocycles. The first kappa shape index (κ1) is 20.4. The van der Waals surface area contributed by atoms with Gasteiger partial charge in [0.25, 0.3) is 6.47 Å². The van der Waals surface area contributed by atoms with Gasteiger partial charge in [-0.05, 0) is 42.7 Å². The van der Waals surface area contributed by atoms with Crippen LogP contribution in [0.1, 0.15) is 12.5 Å². The van der Waals surface area contributed by atoms with Crippen LogP contribution in [-0.2, 0) is 9.53 Å². The number of carbonyl (C=O) groups excluding carboxylic acids is 1. The minimum Gasteiger partial charge on any atom is -0.471 e. The lowest BCUT2D eigenvalue weighted by atomic mass is 10.0. The molecule has 0 spiro atoms. The van der Waals surface area contributed by atoms with Crippen molar-refractivity contribution in [2.75, 3.05) is 44.0 Å². The number of hydrogen-bond acceptors (Lipinski definition) is 7. The van der Waals surface area contributed by atoms with Gasteiger partial charge in [0.15, 0.2) is 0 Å². The Kier molecular flexibility index (Phi) is 7.36. The summed E-state index contributed by atoms with van der Waals surface area (Å²) in [6.07, 6.45) is 1.83. The van der Waals surface area contributed by atoms with Gasteiger partial charge in [0.05, 0.1) is 7.11 Å². The van der Waals surface area contributed by atoms with E-state index in [1.807, 2.05) is 26.2 Å². The number of aryl methyl sites for hydroxylation is 1. The van der Waals surface area contributed by atoms with Gasteiger partial charge in [-0.3, -0.25) is 9.59 Å². The molecular weight excluding hydrogens is 346 g/mol. The van der Waals surface area contributed by atoms with Crippen molar-refractivity contribution >= 4 is 18.1 Å². The molecule has 1 aliphatic heterocycles. The molecule has 3 N–H and O–H groups in total. The molecule has 1 unspecified atom stereocenters. The average molecular weight is 373 g/mol. The van der Waals surface area contributed by atoms with E-state index in [1.165, 1.54) is 7.11 Å². The second-order valence-electron chi connectivity index (χ2n) is 6.33. The molecule has 0 radical (unpaired) electrons. The summed E-state index contributed by atoms with van der Waals surface area (Å²) in [6, 6.07) is 6.04. The third-order valence-corrected chi connectivity index (χ3v) is 4.41. The molecule has 1 atom stereocenters. The smallest absolute Gasteiger partial charge is 0.292 e. The maximum atomic E-state index is 12.2. The summed E-state index contributed by atoms with van der Waals surface area (Å²) in [4.78, 5) is 30.7. The number of aromatic amines is 1. The molecule has 146 valence electrons. The van der Waals surface area contributed by atoms with Crippen LogP contribution >= 0.6 is 0 Å². The Morgan fingerprint density at radius 1 is 1.37 bits per heavy atom. The number of nitrogens with one attached hydrogen (secondary N) is 3. The van der Waals surface area contributed by atoms with Crippen LogP contribution in [0.4, 0.5) is 11.6 Å². The lowest BCUT2D eigenvalue weighted by Gasteiger charge is -2.35. The van der Waals surface area contributed by atoms with Gasteiger partial charge in [-0.25, -0.2) is 4.98 Å². The monoisotopic (exact) mass is 373 g/mol. The highest BCUT2D eigenvalue weighted by molar-refractivity contribution is 5.71. The van der Waals surface area contributed by atoms with Crippen LogP contribution in [0.5, 0.6) is 0 Å². The molecule has 2 aromatic heterocycles. The van der Waals surface area contributed by atoms with Crippen molar-refractivity contribution in [3.8, 4) is 11.1 Å². The fraction of sp³-hybridized carbons (Fsp3) is 0.421. The summed E-state index contributed by atoms with van der Waals surface area (Å²) in [5, 5.41) is 6.42. The first-order chi connectivity index (χ1) is 13.0. The summed E-state index contributed by atoms with van der Waals surface area (Å²) >= 11 is 0. The summed E-state index contributed by atoms with van der Waals surface area (Å²) < 4.78 is 3.86. The molecule has 3 rings (SSSR count). The van der Waals surface area contributed by atoms with Crippen molar-refractivity contribution in [1.82, 2.24) is 15.3 Å². The van der Waals surface area contributed by atoms with Gasteiger partial charge in [0.1, 0.15) is 11.6 Å². The topological polar surface area (TPSA) is 99.3 Å². The van der Waals surface area contributed by atoms with Crippen molar-refractivity contribution in [2.45, 2.75) is 19.9 Å². The van der Waals surface area contributed by atoms with Crippen molar-refractivity contribution in [3.05, 3.63) is 40.3 Å². The molecule has 2 aromatic rings. The molecule has 27 heavy (non-hydrogen) atoms. The molecule has 0 amide bonds. The zero-order valence-corrected chi connectivity index (χ0v) is 16.2. The van der Waals surface area contributed by atoms with Crippen molar-refractivity contribution in [3.63, 3.8) is 0 Å². The second-order valence-corrected chi connectivity index (χ2v) is 6.33. The van der Waals surface area contributed by atoms with E-state index in [1.54, 1.807) is 6.07 Å². The Morgan fingerprint density at radius 3 is 2.74 bits per heavy atom. The third kappa shape index (κ3) is 5.30. The van der Waals surface area contributed by atoms with Crippen LogP contribution in [0, 0.1) is 6.92 Å². The van der Waals surface area contributed by atoms with Crippen molar-refractivity contribution < 1.29 is 9.53 Å². The number of pyridine rings is 2. The standard InChI is InChI=1S/C17H23N5O.C2H4O2/c1-11-9-20-15(18-3)8-14(11)13-6-16(21-17(23)7-13)22-5-4-19-10-12(22)2;1-4-2-3/h6-9,12,19H,4-5,10H2,1-3H3,(H,18,20)(H,21,23);2H,1H3. The Morgan fingerprint density at radius 2 is 2.11 bits per heavy atom. The van der Waals surface area contributed by atoms with E-state index in [-0.39, 0.29) is 5.56 Å². The largest absolute Gasteiger partial charge is 0.471 e. The Hall–Kier alpha value is -2.87. The van der Waals surface area contributed by atoms with E-state index in [9.17, 15) is 4.79 Å². The molecule has 8 heteroatoms. The normalized spacial score (nSPS) is 16.1. The quantitative estimate of drug-likeness (QED) is 0.696. The number of H-pyrrole nitrogens is 1. The van der Waals surface area contributed by atoms with Gasteiger partial charge >= 0.3 is 0 Å². The second kappa shape index (κ2) is 9.72. The van der Waals surface area contributed by atoms with Crippen molar-refractivity contribution in [2.24, 2.45) is 0 Å². The van der Waals surface area contributed by atoms with Crippen LogP contribution in [0.2, 0.25) is 0 Å². The molecule has 0 bridgehead atoms. The number of rotatable bonds is 4. The first-order valence-electron chi connectivity index (χ1n) is 8.83. The number of carbonyl (C=O) groups is 1. The van der Waals surface area contributed by atoms with Gasteiger partial charge in [-0.2, -0.15) is 0 Å². The van der Waals surface area contributed by atoms with Crippen LogP contribution in [0.25, 0.3) is 11.1 Å². The molecular formula is C19H27N5O3. The predicted octanol–water partition coefficient (Wildman–Crippen LogP) is 1.37. The third-order valence-electron chi connectivity index (χ3n) is 4.41. The number of nitrogens with zero attached hydrogens (tertiary/aromatic N) is 2. The maximum Gasteiger partial charge on any atom is 0.292 e. The number of ether oxygens (including phenoxy) is 1. The Balaban J connectivity index is 0.000000596. The van der Waals surface area contributed by atoms with Gasteiger partial charge in [-0.15, -0.1) is 0 Å². The first-order valence-corrected chi connectivity index (χ1v) is 8.83. The SMILES string of the molecule is CNc1cc(-c2cc(N3CCNCC3C)[nH]c(=O)c2)c(C)cn1.COC=O. The highest BCUT2D eigenvalue weighted by Crippen LogP contribution is 2.27. The highest BCUT2D eigenvalue weighted by atomic mass is 16.5. The average Bonchev–Trinajstić information content (AvgIpc) is 2.68. The molecule has 1 saturated heterocycles. The number of anilines is 2. The zero-order valence-electron chi connectivity index (χ0n) is 16.2. The molecule has 1 fully saturated rings. The lowest BCUT2D eigenvalue weighted by molar-refractivity contribution is -0.126. The fourth-order valence-electron chi connectivity index (χ4n) is 3.01. The minimum absolute atomic E-state index is 0.0783. The van der Waals surface area contributed by atoms with Gasteiger partial charge < -0.3 is 25.3 Å². The van der Waals surface area contributed by atoms with E-state index < -0.39 is 0 Å². The Bertz CT molecular complexity index is 821. The summed E-state index contributed by atoms with van der Waals surface area (Å²) in [5.74, 6) is 1.67. The maximum absolute atomic E-state index is 12.2. The van der Waals surface area contributed by atoms with Gasteiger partial charge in [0.2, 0.25) is 5.56 Å². The molecule has 0 aliphatic carbocycles. The van der Waals surface area contributed by atoms with Crippen LogP contribution in [0.15, 0.2) is 29.2 Å². The summed E-state index contributed by atoms with van der Waals surface area (Å²) in [5.41, 5.74) is 2.92. The lowest BCUT2D eigenvalue weighted by Crippen LogP contribution is -2.50. The minimum atomic E-state index is -0.0783. The van der Waals surface area contributed by atoms with E-state index >= 15 is 0 Å². The van der Waals surface area contributed by atoms with Gasteiger partial charge in [-0.1, -0.05) is 0 Å². The zero-order chi connectivity index (χ0) is 19.8. The summed E-state index contributed by atoms with van der Waals surface area (Å²) in [6.45, 7) is 7.28. The number of aromatic nitrogens is 2. The van der Waals surface area contributed by atoms with Crippen LogP contribution < -0.4 is 21.1 Å². The molecule has 3 heterocycles. The van der Waals surface area contributed by atoms with E-state index in [2.05, 4.69) is 43.2 Å². The predicted molar refractivity (Wildman–Crippen MR) is 107 cm³/mol. The number of piperazine rings is 1. The molecule has 1 aliphatic rings. The molecule has 8 nitrogen and oxygen atoms in total. The number of methoxy groups -OCH3 is 1. The molecule has 0 saturated carbocycles. The summed E-state index contributed by atoms with van der Waals surface area (Å²) in [7, 11) is 3.15. The fourth-order valence-corrected chi connectivity index (χ4v) is 3.01. The Labute approximate surface area is 159 Å². The van der Waals surface area contributed by atoms with E-state index in [0.29, 0.717) is 12.5 Å². The number of hydrogen-bond donors (Lipinski definition) is 3.